The van der Waals surface area contributed by atoms with Crippen LogP contribution in [0.2, 0.25) is 0 Å². The normalized spacial score (nSPS) is 12.6. The van der Waals surface area contributed by atoms with E-state index in [1.807, 2.05) is 30.5 Å². The molecule has 0 fully saturated rings. The molecule has 154 valence electrons. The Hall–Kier alpha value is -3.29. The summed E-state index contributed by atoms with van der Waals surface area (Å²) in [6, 6.07) is 6.94. The van der Waals surface area contributed by atoms with E-state index in [4.69, 9.17) is 9.26 Å². The number of H-pyrrole nitrogens is 1. The standard InChI is InChI=1S/C21H26N4O4/c1-12-18(13(2)29-25-12)24-19(26)17(23-20(27)28-21(3,4)5)10-14-11-22-16-9-7-6-8-15(14)16/h6-9,11,17,22H,10H2,1-5H3,(H,23,27)(H,24,26). The average Bonchev–Trinajstić information content (AvgIpc) is 3.18. The zero-order valence-corrected chi connectivity index (χ0v) is 17.3. The van der Waals surface area contributed by atoms with Crippen LogP contribution in [0.5, 0.6) is 0 Å². The van der Waals surface area contributed by atoms with E-state index in [9.17, 15) is 9.59 Å². The van der Waals surface area contributed by atoms with Crippen LogP contribution in [-0.4, -0.2) is 33.8 Å². The minimum absolute atomic E-state index is 0.290. The molecule has 1 unspecified atom stereocenters. The van der Waals surface area contributed by atoms with Crippen molar-refractivity contribution in [1.29, 1.82) is 0 Å². The maximum absolute atomic E-state index is 13.0. The fraction of sp³-hybridized carbons (Fsp3) is 0.381. The maximum atomic E-state index is 13.0. The van der Waals surface area contributed by atoms with E-state index in [2.05, 4.69) is 20.8 Å². The number of carbonyl (C=O) groups is 2. The Balaban J connectivity index is 1.84. The highest BCUT2D eigenvalue weighted by Crippen LogP contribution is 2.22. The van der Waals surface area contributed by atoms with Crippen molar-refractivity contribution in [1.82, 2.24) is 15.5 Å². The van der Waals surface area contributed by atoms with Gasteiger partial charge in [-0.05, 0) is 46.2 Å². The first kappa shape index (κ1) is 20.4. The van der Waals surface area contributed by atoms with Crippen LogP contribution in [-0.2, 0) is 16.0 Å². The summed E-state index contributed by atoms with van der Waals surface area (Å²) in [5.74, 6) is 0.120. The van der Waals surface area contributed by atoms with Crippen LogP contribution in [0, 0.1) is 13.8 Å². The Bertz CT molecular complexity index is 1010. The molecule has 3 aromatic rings. The molecule has 0 aliphatic heterocycles. The van der Waals surface area contributed by atoms with Gasteiger partial charge in [0.2, 0.25) is 5.91 Å². The number of ether oxygens (including phenoxy) is 1. The Morgan fingerprint density at radius 3 is 2.62 bits per heavy atom. The highest BCUT2D eigenvalue weighted by molar-refractivity contribution is 5.98. The van der Waals surface area contributed by atoms with Crippen LogP contribution >= 0.6 is 0 Å². The monoisotopic (exact) mass is 398 g/mol. The van der Waals surface area contributed by atoms with Gasteiger partial charge in [-0.3, -0.25) is 4.79 Å². The van der Waals surface area contributed by atoms with Crippen molar-refractivity contribution < 1.29 is 18.8 Å². The van der Waals surface area contributed by atoms with Gasteiger partial charge in [0, 0.05) is 23.5 Å². The smallest absolute Gasteiger partial charge is 0.408 e. The zero-order chi connectivity index (χ0) is 21.2. The summed E-state index contributed by atoms with van der Waals surface area (Å²) in [7, 11) is 0. The van der Waals surface area contributed by atoms with Gasteiger partial charge >= 0.3 is 6.09 Å². The van der Waals surface area contributed by atoms with Crippen molar-refractivity contribution in [2.75, 3.05) is 5.32 Å². The fourth-order valence-electron chi connectivity index (χ4n) is 3.05. The van der Waals surface area contributed by atoms with Crippen molar-refractivity contribution in [3.05, 3.63) is 47.5 Å². The van der Waals surface area contributed by atoms with Crippen LogP contribution in [0.15, 0.2) is 35.0 Å². The van der Waals surface area contributed by atoms with E-state index in [1.165, 1.54) is 0 Å². The van der Waals surface area contributed by atoms with Gasteiger partial charge in [-0.1, -0.05) is 23.4 Å². The number of alkyl carbamates (subject to hydrolysis) is 1. The molecule has 1 aromatic carbocycles. The molecule has 2 heterocycles. The van der Waals surface area contributed by atoms with Gasteiger partial charge < -0.3 is 24.9 Å². The second-order valence-corrected chi connectivity index (χ2v) is 7.95. The van der Waals surface area contributed by atoms with Crippen molar-refractivity contribution in [3.8, 4) is 0 Å². The van der Waals surface area contributed by atoms with Gasteiger partial charge in [-0.15, -0.1) is 0 Å². The Labute approximate surface area is 169 Å². The van der Waals surface area contributed by atoms with E-state index >= 15 is 0 Å². The first-order valence-electron chi connectivity index (χ1n) is 9.42. The second kappa shape index (κ2) is 7.98. The van der Waals surface area contributed by atoms with Gasteiger partial charge in [0.15, 0.2) is 5.76 Å². The van der Waals surface area contributed by atoms with Gasteiger partial charge in [0.1, 0.15) is 23.0 Å². The van der Waals surface area contributed by atoms with Crippen molar-refractivity contribution in [3.63, 3.8) is 0 Å². The molecule has 0 aliphatic rings. The molecule has 0 aliphatic carbocycles. The number of carbonyl (C=O) groups excluding carboxylic acids is 2. The molecular weight excluding hydrogens is 372 g/mol. The first-order chi connectivity index (χ1) is 13.6. The van der Waals surface area contributed by atoms with Gasteiger partial charge in [0.25, 0.3) is 0 Å². The van der Waals surface area contributed by atoms with Crippen molar-refractivity contribution in [2.24, 2.45) is 0 Å². The fourth-order valence-corrected chi connectivity index (χ4v) is 3.05. The van der Waals surface area contributed by atoms with Crippen molar-refractivity contribution >= 4 is 28.6 Å². The number of nitrogens with one attached hydrogen (secondary N) is 3. The number of fused-ring (bicyclic) bond motifs is 1. The van der Waals surface area contributed by atoms with Gasteiger partial charge in [0.05, 0.1) is 0 Å². The molecule has 3 rings (SSSR count). The highest BCUT2D eigenvalue weighted by Gasteiger charge is 2.27. The Kier molecular flexibility index (Phi) is 5.63. The summed E-state index contributed by atoms with van der Waals surface area (Å²) in [5.41, 5.74) is 2.28. The van der Waals surface area contributed by atoms with Crippen LogP contribution in [0.1, 0.15) is 37.8 Å². The number of amides is 2. The summed E-state index contributed by atoms with van der Waals surface area (Å²) in [5, 5.41) is 10.3. The lowest BCUT2D eigenvalue weighted by Gasteiger charge is -2.23. The number of benzene rings is 1. The van der Waals surface area contributed by atoms with Gasteiger partial charge in [-0.25, -0.2) is 4.79 Å². The maximum Gasteiger partial charge on any atom is 0.408 e. The third kappa shape index (κ3) is 4.96. The summed E-state index contributed by atoms with van der Waals surface area (Å²) in [6.45, 7) is 8.76. The third-order valence-corrected chi connectivity index (χ3v) is 4.39. The highest BCUT2D eigenvalue weighted by atomic mass is 16.6. The molecule has 8 nitrogen and oxygen atoms in total. The lowest BCUT2D eigenvalue weighted by Crippen LogP contribution is -2.47. The number of rotatable bonds is 5. The predicted octanol–water partition coefficient (Wildman–Crippen LogP) is 3.85. The number of hydrogen-bond acceptors (Lipinski definition) is 5. The lowest BCUT2D eigenvalue weighted by molar-refractivity contribution is -0.118. The SMILES string of the molecule is Cc1noc(C)c1NC(=O)C(Cc1c[nH]c2ccccc12)NC(=O)OC(C)(C)C. The number of aromatic amines is 1. The number of para-hydroxylation sites is 1. The van der Waals surface area contributed by atoms with Crippen LogP contribution < -0.4 is 10.6 Å². The van der Waals surface area contributed by atoms with E-state index in [0.717, 1.165) is 16.5 Å². The Morgan fingerprint density at radius 2 is 1.97 bits per heavy atom. The topological polar surface area (TPSA) is 109 Å². The number of nitrogens with zero attached hydrogens (tertiary/aromatic N) is 1. The number of anilines is 1. The summed E-state index contributed by atoms with van der Waals surface area (Å²) < 4.78 is 10.4. The van der Waals surface area contributed by atoms with Crippen LogP contribution in [0.3, 0.4) is 0 Å². The van der Waals surface area contributed by atoms with E-state index in [1.54, 1.807) is 34.6 Å². The quantitative estimate of drug-likeness (QED) is 0.605. The van der Waals surface area contributed by atoms with E-state index in [0.29, 0.717) is 23.6 Å². The van der Waals surface area contributed by atoms with Crippen molar-refractivity contribution in [2.45, 2.75) is 52.7 Å². The first-order valence-corrected chi connectivity index (χ1v) is 9.42. The largest absolute Gasteiger partial charge is 0.444 e. The second-order valence-electron chi connectivity index (χ2n) is 7.95. The minimum atomic E-state index is -0.849. The minimum Gasteiger partial charge on any atom is -0.444 e. The van der Waals surface area contributed by atoms with Crippen LogP contribution in [0.25, 0.3) is 10.9 Å². The third-order valence-electron chi connectivity index (χ3n) is 4.39. The summed E-state index contributed by atoms with van der Waals surface area (Å²) in [6.07, 6.45) is 1.48. The molecule has 2 aromatic heterocycles. The predicted molar refractivity (Wildman–Crippen MR) is 110 cm³/mol. The number of aryl methyl sites for hydroxylation is 2. The molecule has 3 N–H and O–H groups in total. The Morgan fingerprint density at radius 1 is 1.24 bits per heavy atom. The lowest BCUT2D eigenvalue weighted by atomic mass is 10.0. The summed E-state index contributed by atoms with van der Waals surface area (Å²) in [4.78, 5) is 28.6. The van der Waals surface area contributed by atoms with E-state index < -0.39 is 17.7 Å². The molecule has 8 heteroatoms. The molecule has 0 bridgehead atoms. The zero-order valence-electron chi connectivity index (χ0n) is 17.3. The van der Waals surface area contributed by atoms with E-state index in [-0.39, 0.29) is 5.91 Å². The molecule has 1 atom stereocenters. The molecule has 2 amide bonds. The average molecular weight is 398 g/mol. The van der Waals surface area contributed by atoms with Crippen LogP contribution in [0.4, 0.5) is 10.5 Å². The molecule has 0 radical (unpaired) electrons. The summed E-state index contributed by atoms with van der Waals surface area (Å²) >= 11 is 0. The van der Waals surface area contributed by atoms with Gasteiger partial charge in [-0.2, -0.15) is 0 Å². The number of aromatic nitrogens is 2. The molecule has 0 spiro atoms. The molecule has 0 saturated heterocycles. The molecule has 29 heavy (non-hydrogen) atoms. The molecule has 0 saturated carbocycles. The molecular formula is C21H26N4O4. The number of hydrogen-bond donors (Lipinski definition) is 3.